The summed E-state index contributed by atoms with van der Waals surface area (Å²) < 4.78 is 10.7. The molecule has 0 unspecified atom stereocenters. The Hall–Kier alpha value is -1.99. The number of nitrogens with two attached hydrogens (primary N) is 3. The first-order valence-corrected chi connectivity index (χ1v) is 5.52. The van der Waals surface area contributed by atoms with Crippen LogP contribution in [0.15, 0.2) is 23.3 Å². The Morgan fingerprint density at radius 3 is 2.67 bits per heavy atom. The lowest BCUT2D eigenvalue weighted by molar-refractivity contribution is -0.0796. The standard InChI is InChI=1S/C11H17N5O2/c1-16(14)11(15-13)7-2-8(12)4-9(3-7)18-10-5-17-6-10/h2-4,10H,5-6,12-14H2,1H3/b15-11-. The highest BCUT2D eigenvalue weighted by Gasteiger charge is 2.20. The highest BCUT2D eigenvalue weighted by molar-refractivity contribution is 5.99. The third kappa shape index (κ3) is 2.63. The van der Waals surface area contributed by atoms with E-state index in [4.69, 9.17) is 26.9 Å². The first kappa shape index (κ1) is 12.5. The maximum atomic E-state index is 5.82. The molecular weight excluding hydrogens is 234 g/mol. The summed E-state index contributed by atoms with van der Waals surface area (Å²) in [6.45, 7) is 1.19. The van der Waals surface area contributed by atoms with Crippen molar-refractivity contribution in [3.8, 4) is 5.75 Å². The number of hydrogen-bond donors (Lipinski definition) is 3. The van der Waals surface area contributed by atoms with Gasteiger partial charge in [-0.1, -0.05) is 0 Å². The van der Waals surface area contributed by atoms with Crippen LogP contribution >= 0.6 is 0 Å². The van der Waals surface area contributed by atoms with E-state index in [9.17, 15) is 0 Å². The average molecular weight is 251 g/mol. The van der Waals surface area contributed by atoms with Crippen LogP contribution in [0.4, 0.5) is 5.69 Å². The molecule has 0 spiro atoms. The number of hydrazine groups is 1. The normalized spacial score (nSPS) is 16.2. The van der Waals surface area contributed by atoms with E-state index < -0.39 is 0 Å². The maximum absolute atomic E-state index is 5.82. The molecular formula is C11H17N5O2. The van der Waals surface area contributed by atoms with Gasteiger partial charge in [-0.05, 0) is 12.1 Å². The third-order valence-corrected chi connectivity index (χ3v) is 2.55. The molecule has 0 saturated carbocycles. The molecule has 0 amide bonds. The molecule has 0 aliphatic carbocycles. The molecule has 6 N–H and O–H groups in total. The molecule has 1 aliphatic rings. The summed E-state index contributed by atoms with van der Waals surface area (Å²) >= 11 is 0. The van der Waals surface area contributed by atoms with Gasteiger partial charge in [0.15, 0.2) is 5.84 Å². The van der Waals surface area contributed by atoms with Gasteiger partial charge >= 0.3 is 0 Å². The Balaban J connectivity index is 2.24. The molecule has 2 rings (SSSR count). The minimum absolute atomic E-state index is 0.0773. The number of hydrazone groups is 1. The molecule has 1 fully saturated rings. The van der Waals surface area contributed by atoms with E-state index in [-0.39, 0.29) is 6.10 Å². The number of nitrogen functional groups attached to an aromatic ring is 1. The second-order valence-corrected chi connectivity index (χ2v) is 4.13. The molecule has 0 bridgehead atoms. The minimum atomic E-state index is 0.0773. The predicted octanol–water partition coefficient (Wildman–Crippen LogP) is -0.528. The summed E-state index contributed by atoms with van der Waals surface area (Å²) in [5.41, 5.74) is 7.09. The number of anilines is 1. The van der Waals surface area contributed by atoms with Crippen molar-refractivity contribution in [3.05, 3.63) is 23.8 Å². The van der Waals surface area contributed by atoms with Gasteiger partial charge < -0.3 is 21.1 Å². The Bertz CT molecular complexity index is 457. The number of ether oxygens (including phenoxy) is 2. The molecule has 1 saturated heterocycles. The number of rotatable bonds is 3. The SMILES string of the molecule is CN(N)/C(=N\N)c1cc(N)cc(OC2COC2)c1. The van der Waals surface area contributed by atoms with Gasteiger partial charge in [0.05, 0.1) is 13.2 Å². The van der Waals surface area contributed by atoms with Crippen molar-refractivity contribution in [3.63, 3.8) is 0 Å². The first-order chi connectivity index (χ1) is 8.60. The maximum Gasteiger partial charge on any atom is 0.169 e. The summed E-state index contributed by atoms with van der Waals surface area (Å²) in [5, 5.41) is 4.96. The van der Waals surface area contributed by atoms with Crippen LogP contribution in [0, 0.1) is 0 Å². The monoisotopic (exact) mass is 251 g/mol. The fourth-order valence-corrected chi connectivity index (χ4v) is 1.66. The molecule has 1 aromatic carbocycles. The highest BCUT2D eigenvalue weighted by Crippen LogP contribution is 2.22. The molecule has 1 aliphatic heterocycles. The van der Waals surface area contributed by atoms with E-state index in [1.165, 1.54) is 5.01 Å². The average Bonchev–Trinajstić information content (AvgIpc) is 2.23. The zero-order valence-corrected chi connectivity index (χ0v) is 10.2. The van der Waals surface area contributed by atoms with E-state index in [2.05, 4.69) is 5.10 Å². The molecule has 1 heterocycles. The highest BCUT2D eigenvalue weighted by atomic mass is 16.6. The molecule has 7 nitrogen and oxygen atoms in total. The largest absolute Gasteiger partial charge is 0.485 e. The van der Waals surface area contributed by atoms with Gasteiger partial charge in [-0.3, -0.25) is 5.01 Å². The summed E-state index contributed by atoms with van der Waals surface area (Å²) in [6.07, 6.45) is 0.0773. The number of benzene rings is 1. The van der Waals surface area contributed by atoms with Gasteiger partial charge in [0.25, 0.3) is 0 Å². The molecule has 18 heavy (non-hydrogen) atoms. The Morgan fingerprint density at radius 1 is 1.44 bits per heavy atom. The summed E-state index contributed by atoms with van der Waals surface area (Å²) in [4.78, 5) is 0. The molecule has 0 radical (unpaired) electrons. The van der Waals surface area contributed by atoms with Crippen LogP contribution < -0.4 is 22.2 Å². The number of hydrogen-bond acceptors (Lipinski definition) is 6. The second-order valence-electron chi connectivity index (χ2n) is 4.13. The fraction of sp³-hybridized carbons (Fsp3) is 0.364. The number of nitrogens with zero attached hydrogens (tertiary/aromatic N) is 2. The van der Waals surface area contributed by atoms with Crippen LogP contribution in [-0.4, -0.2) is 37.2 Å². The van der Waals surface area contributed by atoms with Crippen molar-refractivity contribution in [2.45, 2.75) is 6.10 Å². The van der Waals surface area contributed by atoms with Crippen LogP contribution in [0.2, 0.25) is 0 Å². The second kappa shape index (κ2) is 5.11. The topological polar surface area (TPSA) is 112 Å². The van der Waals surface area contributed by atoms with E-state index in [1.807, 2.05) is 0 Å². The fourth-order valence-electron chi connectivity index (χ4n) is 1.66. The first-order valence-electron chi connectivity index (χ1n) is 5.52. The van der Waals surface area contributed by atoms with Gasteiger partial charge in [-0.2, -0.15) is 5.10 Å². The lowest BCUT2D eigenvalue weighted by Crippen LogP contribution is -2.38. The van der Waals surface area contributed by atoms with E-state index >= 15 is 0 Å². The molecule has 1 aromatic rings. The molecule has 0 atom stereocenters. The predicted molar refractivity (Wildman–Crippen MR) is 68.8 cm³/mol. The third-order valence-electron chi connectivity index (χ3n) is 2.55. The van der Waals surface area contributed by atoms with Gasteiger partial charge in [0.1, 0.15) is 11.9 Å². The van der Waals surface area contributed by atoms with Crippen molar-refractivity contribution in [2.75, 3.05) is 26.0 Å². The van der Waals surface area contributed by atoms with Gasteiger partial charge in [0.2, 0.25) is 0 Å². The lowest BCUT2D eigenvalue weighted by atomic mass is 10.1. The summed E-state index contributed by atoms with van der Waals surface area (Å²) in [7, 11) is 1.65. The summed E-state index contributed by atoms with van der Waals surface area (Å²) in [5.74, 6) is 12.0. The van der Waals surface area contributed by atoms with Crippen LogP contribution in [-0.2, 0) is 4.74 Å². The molecule has 98 valence electrons. The minimum Gasteiger partial charge on any atom is -0.485 e. The van der Waals surface area contributed by atoms with Crippen LogP contribution in [0.25, 0.3) is 0 Å². The Labute approximate surface area is 105 Å². The zero-order chi connectivity index (χ0) is 13.1. The molecule has 7 heteroatoms. The number of amidine groups is 1. The van der Waals surface area contributed by atoms with Crippen LogP contribution in [0.3, 0.4) is 0 Å². The molecule has 0 aromatic heterocycles. The van der Waals surface area contributed by atoms with Gasteiger partial charge in [-0.25, -0.2) is 5.84 Å². The summed E-state index contributed by atoms with van der Waals surface area (Å²) in [6, 6.07) is 5.27. The van der Waals surface area contributed by atoms with Crippen molar-refractivity contribution in [2.24, 2.45) is 16.8 Å². The van der Waals surface area contributed by atoms with E-state index in [0.717, 1.165) is 0 Å². The van der Waals surface area contributed by atoms with Crippen LogP contribution in [0.5, 0.6) is 5.75 Å². The quantitative estimate of drug-likeness (QED) is 0.219. The van der Waals surface area contributed by atoms with Crippen molar-refractivity contribution in [1.82, 2.24) is 5.01 Å². The van der Waals surface area contributed by atoms with Crippen molar-refractivity contribution in [1.29, 1.82) is 0 Å². The zero-order valence-electron chi connectivity index (χ0n) is 10.2. The smallest absolute Gasteiger partial charge is 0.169 e. The van der Waals surface area contributed by atoms with Crippen molar-refractivity contribution < 1.29 is 9.47 Å². The van der Waals surface area contributed by atoms with Gasteiger partial charge in [0, 0.05) is 24.4 Å². The lowest BCUT2D eigenvalue weighted by Gasteiger charge is -2.27. The van der Waals surface area contributed by atoms with Crippen molar-refractivity contribution >= 4 is 11.5 Å². The Kier molecular flexibility index (Phi) is 3.54. The van der Waals surface area contributed by atoms with Crippen LogP contribution in [0.1, 0.15) is 5.56 Å². The van der Waals surface area contributed by atoms with Gasteiger partial charge in [-0.15, -0.1) is 0 Å². The van der Waals surface area contributed by atoms with E-state index in [0.29, 0.717) is 36.0 Å². The van der Waals surface area contributed by atoms with E-state index in [1.54, 1.807) is 25.2 Å². The Morgan fingerprint density at radius 2 is 2.17 bits per heavy atom.